The predicted octanol–water partition coefficient (Wildman–Crippen LogP) is 3.29. The van der Waals surface area contributed by atoms with Crippen LogP contribution in [-0.4, -0.2) is 39.1 Å². The molecule has 1 aliphatic heterocycles. The van der Waals surface area contributed by atoms with Gasteiger partial charge in [-0.15, -0.1) is 0 Å². The van der Waals surface area contributed by atoms with E-state index in [0.29, 0.717) is 5.88 Å². The van der Waals surface area contributed by atoms with E-state index in [1.54, 1.807) is 18.6 Å². The first-order valence-electron chi connectivity index (χ1n) is 8.87. The van der Waals surface area contributed by atoms with E-state index in [4.69, 9.17) is 9.72 Å². The molecule has 0 bridgehead atoms. The summed E-state index contributed by atoms with van der Waals surface area (Å²) in [6.07, 6.45) is 7.40. The van der Waals surface area contributed by atoms with E-state index in [2.05, 4.69) is 19.9 Å². The second-order valence-corrected chi connectivity index (χ2v) is 6.41. The molecular formula is C20H21N5O. The van der Waals surface area contributed by atoms with E-state index in [-0.39, 0.29) is 6.10 Å². The van der Waals surface area contributed by atoms with Gasteiger partial charge >= 0.3 is 0 Å². The number of nitrogens with zero attached hydrogens (tertiary/aromatic N) is 5. The third-order valence-electron chi connectivity index (χ3n) is 4.45. The first-order chi connectivity index (χ1) is 12.8. The summed E-state index contributed by atoms with van der Waals surface area (Å²) in [7, 11) is 0. The lowest BCUT2D eigenvalue weighted by molar-refractivity contribution is 0.164. The summed E-state index contributed by atoms with van der Waals surface area (Å²) in [5, 5.41) is 0. The molecule has 132 valence electrons. The van der Waals surface area contributed by atoms with Crippen molar-refractivity contribution in [1.29, 1.82) is 0 Å². The van der Waals surface area contributed by atoms with Gasteiger partial charge in [-0.2, -0.15) is 0 Å². The summed E-state index contributed by atoms with van der Waals surface area (Å²) >= 11 is 0. The second-order valence-electron chi connectivity index (χ2n) is 6.41. The quantitative estimate of drug-likeness (QED) is 0.722. The van der Waals surface area contributed by atoms with Gasteiger partial charge in [0.2, 0.25) is 5.88 Å². The number of pyridine rings is 2. The third-order valence-corrected chi connectivity index (χ3v) is 4.45. The van der Waals surface area contributed by atoms with E-state index in [1.165, 1.54) is 0 Å². The zero-order valence-electron chi connectivity index (χ0n) is 14.7. The molecule has 0 aliphatic carbocycles. The summed E-state index contributed by atoms with van der Waals surface area (Å²) in [6.45, 7) is 3.81. The lowest BCUT2D eigenvalue weighted by atomic mass is 10.1. The Morgan fingerprint density at radius 1 is 1.04 bits per heavy atom. The van der Waals surface area contributed by atoms with Crippen LogP contribution in [0, 0.1) is 6.92 Å². The fraction of sp³-hybridized carbons (Fsp3) is 0.300. The fourth-order valence-corrected chi connectivity index (χ4v) is 3.13. The highest BCUT2D eigenvalue weighted by molar-refractivity contribution is 5.56. The highest BCUT2D eigenvalue weighted by Crippen LogP contribution is 2.24. The first-order valence-corrected chi connectivity index (χ1v) is 8.87. The van der Waals surface area contributed by atoms with Crippen LogP contribution < -0.4 is 9.64 Å². The molecule has 1 saturated heterocycles. The van der Waals surface area contributed by atoms with Gasteiger partial charge < -0.3 is 9.64 Å². The Balaban J connectivity index is 1.45. The summed E-state index contributed by atoms with van der Waals surface area (Å²) in [5.41, 5.74) is 1.89. The van der Waals surface area contributed by atoms with E-state index in [9.17, 15) is 0 Å². The number of ether oxygens (including phenoxy) is 1. The predicted molar refractivity (Wildman–Crippen MR) is 100 cm³/mol. The molecule has 0 N–H and O–H groups in total. The van der Waals surface area contributed by atoms with E-state index in [0.717, 1.165) is 48.8 Å². The molecule has 0 atom stereocenters. The molecule has 0 amide bonds. The van der Waals surface area contributed by atoms with E-state index >= 15 is 0 Å². The molecule has 0 spiro atoms. The molecule has 4 heterocycles. The monoisotopic (exact) mass is 347 g/mol. The normalized spacial score (nSPS) is 15.0. The number of aromatic nitrogens is 4. The average molecular weight is 347 g/mol. The van der Waals surface area contributed by atoms with Crippen LogP contribution in [0.3, 0.4) is 0 Å². The van der Waals surface area contributed by atoms with Crippen LogP contribution in [0.15, 0.2) is 55.0 Å². The SMILES string of the molecule is Cc1cc(N2CCC(Oc3ccccn3)CC2)nc(-c2cccnc2)n1. The van der Waals surface area contributed by atoms with Gasteiger partial charge in [0, 0.05) is 67.9 Å². The third kappa shape index (κ3) is 3.79. The van der Waals surface area contributed by atoms with E-state index < -0.39 is 0 Å². The van der Waals surface area contributed by atoms with Crippen molar-refractivity contribution in [2.45, 2.75) is 25.9 Å². The highest BCUT2D eigenvalue weighted by Gasteiger charge is 2.22. The maximum Gasteiger partial charge on any atom is 0.213 e. The second kappa shape index (κ2) is 7.47. The number of piperidine rings is 1. The van der Waals surface area contributed by atoms with Gasteiger partial charge in [0.25, 0.3) is 0 Å². The topological polar surface area (TPSA) is 64.0 Å². The van der Waals surface area contributed by atoms with Gasteiger partial charge in [0.05, 0.1) is 0 Å². The van der Waals surface area contributed by atoms with Gasteiger partial charge in [-0.25, -0.2) is 15.0 Å². The average Bonchev–Trinajstić information content (AvgIpc) is 2.70. The molecule has 26 heavy (non-hydrogen) atoms. The maximum atomic E-state index is 5.98. The van der Waals surface area contributed by atoms with Crippen LogP contribution >= 0.6 is 0 Å². The van der Waals surface area contributed by atoms with Crippen molar-refractivity contribution in [3.05, 3.63) is 60.7 Å². The van der Waals surface area contributed by atoms with Crippen LogP contribution in [0.5, 0.6) is 5.88 Å². The Hall–Kier alpha value is -3.02. The Morgan fingerprint density at radius 3 is 2.65 bits per heavy atom. The Morgan fingerprint density at radius 2 is 1.92 bits per heavy atom. The van der Waals surface area contributed by atoms with Crippen molar-refractivity contribution < 1.29 is 4.74 Å². The molecule has 0 radical (unpaired) electrons. The number of rotatable bonds is 4. The summed E-state index contributed by atoms with van der Waals surface area (Å²) < 4.78 is 5.98. The van der Waals surface area contributed by atoms with Crippen molar-refractivity contribution in [1.82, 2.24) is 19.9 Å². The minimum absolute atomic E-state index is 0.196. The zero-order valence-corrected chi connectivity index (χ0v) is 14.7. The minimum Gasteiger partial charge on any atom is -0.474 e. The number of anilines is 1. The fourth-order valence-electron chi connectivity index (χ4n) is 3.13. The summed E-state index contributed by atoms with van der Waals surface area (Å²) in [4.78, 5) is 20.0. The van der Waals surface area contributed by atoms with Gasteiger partial charge in [-0.1, -0.05) is 6.07 Å². The van der Waals surface area contributed by atoms with Crippen LogP contribution in [0.1, 0.15) is 18.5 Å². The number of hydrogen-bond acceptors (Lipinski definition) is 6. The number of aryl methyl sites for hydroxylation is 1. The highest BCUT2D eigenvalue weighted by atomic mass is 16.5. The molecule has 3 aromatic heterocycles. The lowest BCUT2D eigenvalue weighted by Gasteiger charge is -2.32. The zero-order chi connectivity index (χ0) is 17.8. The van der Waals surface area contributed by atoms with Gasteiger partial charge in [-0.05, 0) is 25.1 Å². The van der Waals surface area contributed by atoms with Crippen LogP contribution in [0.4, 0.5) is 5.82 Å². The first kappa shape index (κ1) is 16.4. The number of hydrogen-bond donors (Lipinski definition) is 0. The summed E-state index contributed by atoms with van der Waals surface area (Å²) in [6, 6.07) is 11.7. The van der Waals surface area contributed by atoms with Crippen molar-refractivity contribution in [3.63, 3.8) is 0 Å². The standard InChI is InChI=1S/C20H21N5O/c1-15-13-18(24-20(23-15)16-5-4-9-21-14-16)25-11-7-17(8-12-25)26-19-6-2-3-10-22-19/h2-6,9-10,13-14,17H,7-8,11-12H2,1H3. The van der Waals surface area contributed by atoms with Crippen LogP contribution in [0.2, 0.25) is 0 Å². The van der Waals surface area contributed by atoms with Crippen molar-refractivity contribution in [3.8, 4) is 17.3 Å². The van der Waals surface area contributed by atoms with Gasteiger partial charge in [0.15, 0.2) is 5.82 Å². The molecule has 1 fully saturated rings. The summed E-state index contributed by atoms with van der Waals surface area (Å²) in [5.74, 6) is 2.38. The minimum atomic E-state index is 0.196. The molecule has 6 nitrogen and oxygen atoms in total. The molecule has 4 rings (SSSR count). The molecule has 0 unspecified atom stereocenters. The lowest BCUT2D eigenvalue weighted by Crippen LogP contribution is -2.39. The van der Waals surface area contributed by atoms with Crippen molar-refractivity contribution >= 4 is 5.82 Å². The van der Waals surface area contributed by atoms with Crippen LogP contribution in [-0.2, 0) is 0 Å². The van der Waals surface area contributed by atoms with Gasteiger partial charge in [0.1, 0.15) is 11.9 Å². The molecular weight excluding hydrogens is 326 g/mol. The molecule has 1 aliphatic rings. The van der Waals surface area contributed by atoms with Crippen LogP contribution in [0.25, 0.3) is 11.4 Å². The Bertz CT molecular complexity index is 849. The smallest absolute Gasteiger partial charge is 0.213 e. The molecule has 6 heteroatoms. The van der Waals surface area contributed by atoms with Crippen molar-refractivity contribution in [2.75, 3.05) is 18.0 Å². The maximum absolute atomic E-state index is 5.98. The van der Waals surface area contributed by atoms with Gasteiger partial charge in [-0.3, -0.25) is 4.98 Å². The van der Waals surface area contributed by atoms with Crippen molar-refractivity contribution in [2.24, 2.45) is 0 Å². The largest absolute Gasteiger partial charge is 0.474 e. The Kier molecular flexibility index (Phi) is 4.73. The molecule has 3 aromatic rings. The Labute approximate surface area is 152 Å². The molecule has 0 aromatic carbocycles. The van der Waals surface area contributed by atoms with E-state index in [1.807, 2.05) is 43.3 Å². The molecule has 0 saturated carbocycles.